The van der Waals surface area contributed by atoms with Crippen LogP contribution in [-0.4, -0.2) is 21.8 Å². The van der Waals surface area contributed by atoms with E-state index in [1.807, 2.05) is 30.9 Å². The second kappa shape index (κ2) is 6.19. The minimum absolute atomic E-state index is 0.0523. The fraction of sp³-hybridized carbons (Fsp3) is 0.474. The second-order valence-corrected chi connectivity index (χ2v) is 6.68. The van der Waals surface area contributed by atoms with Gasteiger partial charge in [0.1, 0.15) is 0 Å². The molecule has 0 aliphatic heterocycles. The third-order valence-corrected chi connectivity index (χ3v) is 5.14. The molecule has 1 aromatic carbocycles. The van der Waals surface area contributed by atoms with Gasteiger partial charge in [-0.2, -0.15) is 0 Å². The van der Waals surface area contributed by atoms with Crippen molar-refractivity contribution in [2.75, 3.05) is 0 Å². The summed E-state index contributed by atoms with van der Waals surface area (Å²) in [5, 5.41) is 1.03. The molecule has 1 heterocycles. The quantitative estimate of drug-likeness (QED) is 0.944. The van der Waals surface area contributed by atoms with E-state index >= 15 is 0 Å². The van der Waals surface area contributed by atoms with Crippen molar-refractivity contribution in [3.63, 3.8) is 0 Å². The lowest BCUT2D eigenvalue weighted by Crippen LogP contribution is -2.38. The molecule has 0 unspecified atom stereocenters. The summed E-state index contributed by atoms with van der Waals surface area (Å²) in [6, 6.07) is 6.32. The van der Waals surface area contributed by atoms with Crippen LogP contribution >= 0.6 is 0 Å². The highest BCUT2D eigenvalue weighted by atomic mass is 16.2. The van der Waals surface area contributed by atoms with Crippen LogP contribution in [0.2, 0.25) is 0 Å². The van der Waals surface area contributed by atoms with Crippen LogP contribution in [0, 0.1) is 13.8 Å². The lowest BCUT2D eigenvalue weighted by molar-refractivity contribution is -0.131. The largest absolute Gasteiger partial charge is 0.335 e. The van der Waals surface area contributed by atoms with Crippen molar-refractivity contribution < 1.29 is 4.79 Å². The number of rotatable bonds is 3. The molecule has 0 spiro atoms. The summed E-state index contributed by atoms with van der Waals surface area (Å²) in [5.74, 6) is 0.0523. The molecule has 1 N–H and O–H groups in total. The van der Waals surface area contributed by atoms with Crippen molar-refractivity contribution in [3.05, 3.63) is 45.2 Å². The molecule has 122 valence electrons. The Balaban J connectivity index is 1.99. The number of nitrogens with zero attached hydrogens (tertiary/aromatic N) is 1. The van der Waals surface area contributed by atoms with Crippen LogP contribution < -0.4 is 5.56 Å². The molecule has 1 aliphatic carbocycles. The molecule has 3 rings (SSSR count). The van der Waals surface area contributed by atoms with Gasteiger partial charge in [0.2, 0.25) is 5.91 Å². The van der Waals surface area contributed by atoms with E-state index in [0.717, 1.165) is 34.9 Å². The van der Waals surface area contributed by atoms with E-state index in [1.165, 1.54) is 12.8 Å². The molecule has 0 bridgehead atoms. The summed E-state index contributed by atoms with van der Waals surface area (Å²) in [6.07, 6.45) is 4.43. The van der Waals surface area contributed by atoms with Crippen LogP contribution in [0.25, 0.3) is 10.9 Å². The zero-order chi connectivity index (χ0) is 16.6. The normalized spacial score (nSPS) is 15.3. The van der Waals surface area contributed by atoms with Crippen molar-refractivity contribution in [2.45, 2.75) is 59.0 Å². The van der Waals surface area contributed by atoms with Gasteiger partial charge >= 0.3 is 0 Å². The Hall–Kier alpha value is -2.10. The Labute approximate surface area is 136 Å². The molecule has 1 amide bonds. The lowest BCUT2D eigenvalue weighted by atomic mass is 10.0. The smallest absolute Gasteiger partial charge is 0.253 e. The SMILES string of the molecule is CC(=O)N(Cc1cc2ccc(C)c(C)c2[nH]c1=O)C1CCCC1. The van der Waals surface area contributed by atoms with Crippen LogP contribution in [0.4, 0.5) is 0 Å². The topological polar surface area (TPSA) is 53.2 Å². The highest BCUT2D eigenvalue weighted by molar-refractivity contribution is 5.83. The van der Waals surface area contributed by atoms with Crippen LogP contribution in [0.5, 0.6) is 0 Å². The molecule has 0 saturated heterocycles. The molecule has 2 aromatic rings. The first-order chi connectivity index (χ1) is 11.0. The number of carbonyl (C=O) groups excluding carboxylic acids is 1. The number of carbonyl (C=O) groups is 1. The number of aryl methyl sites for hydroxylation is 2. The number of fused-ring (bicyclic) bond motifs is 1. The number of benzene rings is 1. The highest BCUT2D eigenvalue weighted by Crippen LogP contribution is 2.25. The van der Waals surface area contributed by atoms with Crippen molar-refractivity contribution in [1.82, 2.24) is 9.88 Å². The highest BCUT2D eigenvalue weighted by Gasteiger charge is 2.25. The van der Waals surface area contributed by atoms with Gasteiger partial charge in [-0.15, -0.1) is 0 Å². The summed E-state index contributed by atoms with van der Waals surface area (Å²) in [6.45, 7) is 6.06. The van der Waals surface area contributed by atoms with Gasteiger partial charge in [-0.1, -0.05) is 25.0 Å². The molecule has 4 heteroatoms. The minimum Gasteiger partial charge on any atom is -0.335 e. The van der Waals surface area contributed by atoms with Crippen LogP contribution in [0.15, 0.2) is 23.0 Å². The number of hydrogen-bond donors (Lipinski definition) is 1. The Bertz CT molecular complexity index is 801. The Morgan fingerprint density at radius 1 is 1.26 bits per heavy atom. The van der Waals surface area contributed by atoms with Gasteiger partial charge in [0.25, 0.3) is 5.56 Å². The third-order valence-electron chi connectivity index (χ3n) is 5.14. The molecule has 4 nitrogen and oxygen atoms in total. The predicted molar refractivity (Wildman–Crippen MR) is 92.5 cm³/mol. The van der Waals surface area contributed by atoms with E-state index < -0.39 is 0 Å². The molecule has 0 radical (unpaired) electrons. The monoisotopic (exact) mass is 312 g/mol. The number of H-pyrrole nitrogens is 1. The molecule has 1 fully saturated rings. The standard InChI is InChI=1S/C19H24N2O2/c1-12-8-9-15-10-16(19(23)20-18(15)13(12)2)11-21(14(3)22)17-6-4-5-7-17/h8-10,17H,4-7,11H2,1-3H3,(H,20,23). The van der Waals surface area contributed by atoms with Crippen LogP contribution in [-0.2, 0) is 11.3 Å². The summed E-state index contributed by atoms with van der Waals surface area (Å²) >= 11 is 0. The zero-order valence-corrected chi connectivity index (χ0v) is 14.1. The van der Waals surface area contributed by atoms with E-state index in [0.29, 0.717) is 12.1 Å². The fourth-order valence-electron chi connectivity index (χ4n) is 3.58. The minimum atomic E-state index is -0.0875. The Kier molecular flexibility index (Phi) is 4.24. The number of aromatic nitrogens is 1. The number of pyridine rings is 1. The summed E-state index contributed by atoms with van der Waals surface area (Å²) in [5.41, 5.74) is 3.75. The maximum atomic E-state index is 12.5. The second-order valence-electron chi connectivity index (χ2n) is 6.68. The van der Waals surface area contributed by atoms with E-state index in [9.17, 15) is 9.59 Å². The van der Waals surface area contributed by atoms with E-state index in [1.54, 1.807) is 6.92 Å². The summed E-state index contributed by atoms with van der Waals surface area (Å²) < 4.78 is 0. The predicted octanol–water partition coefficient (Wildman–Crippen LogP) is 3.44. The van der Waals surface area contributed by atoms with Crippen molar-refractivity contribution >= 4 is 16.8 Å². The van der Waals surface area contributed by atoms with E-state index in [-0.39, 0.29) is 17.5 Å². The van der Waals surface area contributed by atoms with E-state index in [4.69, 9.17) is 0 Å². The van der Waals surface area contributed by atoms with Gasteiger partial charge in [0.05, 0.1) is 12.1 Å². The van der Waals surface area contributed by atoms with Gasteiger partial charge in [-0.25, -0.2) is 0 Å². The fourth-order valence-corrected chi connectivity index (χ4v) is 3.58. The Morgan fingerprint density at radius 3 is 2.61 bits per heavy atom. The molecule has 23 heavy (non-hydrogen) atoms. The zero-order valence-electron chi connectivity index (χ0n) is 14.1. The van der Waals surface area contributed by atoms with Crippen LogP contribution in [0.3, 0.4) is 0 Å². The van der Waals surface area contributed by atoms with Gasteiger partial charge in [-0.3, -0.25) is 9.59 Å². The molecule has 1 aromatic heterocycles. The first kappa shape index (κ1) is 15.8. The molecule has 1 saturated carbocycles. The van der Waals surface area contributed by atoms with Crippen molar-refractivity contribution in [3.8, 4) is 0 Å². The van der Waals surface area contributed by atoms with Crippen LogP contribution in [0.1, 0.15) is 49.3 Å². The van der Waals surface area contributed by atoms with Gasteiger partial charge in [-0.05, 0) is 49.3 Å². The molecule has 1 aliphatic rings. The summed E-state index contributed by atoms with van der Waals surface area (Å²) in [7, 11) is 0. The number of hydrogen-bond acceptors (Lipinski definition) is 2. The third kappa shape index (κ3) is 3.03. The van der Waals surface area contributed by atoms with Gasteiger partial charge in [0, 0.05) is 18.5 Å². The number of amides is 1. The summed E-state index contributed by atoms with van der Waals surface area (Å²) in [4.78, 5) is 29.4. The molecule has 0 atom stereocenters. The number of aromatic amines is 1. The van der Waals surface area contributed by atoms with Crippen molar-refractivity contribution in [1.29, 1.82) is 0 Å². The average molecular weight is 312 g/mol. The lowest BCUT2D eigenvalue weighted by Gasteiger charge is -2.27. The Morgan fingerprint density at radius 2 is 1.96 bits per heavy atom. The molecular weight excluding hydrogens is 288 g/mol. The average Bonchev–Trinajstić information content (AvgIpc) is 3.03. The maximum Gasteiger partial charge on any atom is 0.253 e. The van der Waals surface area contributed by atoms with Crippen molar-refractivity contribution in [2.24, 2.45) is 0 Å². The van der Waals surface area contributed by atoms with Gasteiger partial charge < -0.3 is 9.88 Å². The van der Waals surface area contributed by atoms with Gasteiger partial charge in [0.15, 0.2) is 0 Å². The first-order valence-electron chi connectivity index (χ1n) is 8.36. The number of nitrogens with one attached hydrogen (secondary N) is 1. The maximum absolute atomic E-state index is 12.5. The molecular formula is C19H24N2O2. The first-order valence-corrected chi connectivity index (χ1v) is 8.36. The van der Waals surface area contributed by atoms with E-state index in [2.05, 4.69) is 11.1 Å².